The van der Waals surface area contributed by atoms with E-state index in [9.17, 15) is 8.42 Å². The number of fused-ring (bicyclic) bond motifs is 1. The number of hydrogen-bond donors (Lipinski definition) is 1. The lowest BCUT2D eigenvalue weighted by molar-refractivity contribution is 0.319. The van der Waals surface area contributed by atoms with Crippen molar-refractivity contribution in [2.24, 2.45) is 0 Å². The van der Waals surface area contributed by atoms with Crippen molar-refractivity contribution in [3.8, 4) is 5.75 Å². The molecule has 3 rings (SSSR count). The number of anilines is 1. The van der Waals surface area contributed by atoms with Gasteiger partial charge in [0, 0.05) is 0 Å². The Labute approximate surface area is 143 Å². The van der Waals surface area contributed by atoms with E-state index in [2.05, 4.69) is 4.72 Å². The lowest BCUT2D eigenvalue weighted by Crippen LogP contribution is -2.15. The molecule has 0 aromatic heterocycles. The van der Waals surface area contributed by atoms with Crippen LogP contribution in [0.25, 0.3) is 0 Å². The quantitative estimate of drug-likeness (QED) is 0.855. The van der Waals surface area contributed by atoms with Gasteiger partial charge in [-0.1, -0.05) is 25.1 Å². The molecule has 0 atom stereocenters. The molecule has 5 heteroatoms. The molecule has 24 heavy (non-hydrogen) atoms. The molecule has 4 nitrogen and oxygen atoms in total. The van der Waals surface area contributed by atoms with E-state index in [1.165, 1.54) is 12.0 Å². The average Bonchev–Trinajstić information content (AvgIpc) is 2.60. The summed E-state index contributed by atoms with van der Waals surface area (Å²) in [5.41, 5.74) is 2.90. The van der Waals surface area contributed by atoms with E-state index in [0.29, 0.717) is 22.9 Å². The van der Waals surface area contributed by atoms with Crippen molar-refractivity contribution in [3.63, 3.8) is 0 Å². The number of aryl methyl sites for hydroxylation is 2. The van der Waals surface area contributed by atoms with E-state index in [1.54, 1.807) is 24.3 Å². The molecule has 1 aliphatic rings. The summed E-state index contributed by atoms with van der Waals surface area (Å²) in [5, 5.41) is 0. The second-order valence-corrected chi connectivity index (χ2v) is 7.77. The van der Waals surface area contributed by atoms with Crippen LogP contribution in [0, 0.1) is 0 Å². The molecular weight excluding hydrogens is 322 g/mol. The summed E-state index contributed by atoms with van der Waals surface area (Å²) in [6.07, 6.45) is 5.16. The Bertz CT molecular complexity index is 815. The Morgan fingerprint density at radius 3 is 2.58 bits per heavy atom. The molecule has 1 aliphatic carbocycles. The minimum Gasteiger partial charge on any atom is -0.491 e. The van der Waals surface area contributed by atoms with Crippen LogP contribution in [-0.4, -0.2) is 15.0 Å². The van der Waals surface area contributed by atoms with E-state index in [4.69, 9.17) is 4.74 Å². The molecule has 0 fully saturated rings. The third kappa shape index (κ3) is 3.73. The topological polar surface area (TPSA) is 55.4 Å². The fraction of sp³-hybridized carbons (Fsp3) is 0.368. The predicted octanol–water partition coefficient (Wildman–Crippen LogP) is 4.16. The fourth-order valence-electron chi connectivity index (χ4n) is 2.97. The molecule has 0 amide bonds. The van der Waals surface area contributed by atoms with Gasteiger partial charge in [0.05, 0.1) is 17.2 Å². The van der Waals surface area contributed by atoms with Crippen molar-refractivity contribution in [2.75, 3.05) is 11.3 Å². The third-order valence-corrected chi connectivity index (χ3v) is 5.59. The van der Waals surface area contributed by atoms with E-state index >= 15 is 0 Å². The van der Waals surface area contributed by atoms with Crippen molar-refractivity contribution in [1.82, 2.24) is 0 Å². The normalized spacial score (nSPS) is 14.0. The summed E-state index contributed by atoms with van der Waals surface area (Å²) in [7, 11) is -3.62. The van der Waals surface area contributed by atoms with Gasteiger partial charge in [0.2, 0.25) is 0 Å². The maximum atomic E-state index is 12.7. The summed E-state index contributed by atoms with van der Waals surface area (Å²) in [6, 6.07) is 12.6. The van der Waals surface area contributed by atoms with E-state index in [-0.39, 0.29) is 0 Å². The molecular formula is C19H23NO3S. The highest BCUT2D eigenvalue weighted by atomic mass is 32.2. The molecule has 0 heterocycles. The van der Waals surface area contributed by atoms with Gasteiger partial charge in [0.25, 0.3) is 10.0 Å². The third-order valence-electron chi connectivity index (χ3n) is 4.22. The van der Waals surface area contributed by atoms with Crippen LogP contribution >= 0.6 is 0 Å². The van der Waals surface area contributed by atoms with Gasteiger partial charge in [-0.05, 0) is 67.5 Å². The first-order valence-electron chi connectivity index (χ1n) is 8.46. The van der Waals surface area contributed by atoms with Crippen LogP contribution in [0.1, 0.15) is 37.3 Å². The average molecular weight is 345 g/mol. The van der Waals surface area contributed by atoms with E-state index in [0.717, 1.165) is 31.2 Å². The van der Waals surface area contributed by atoms with Crippen molar-refractivity contribution in [3.05, 3.63) is 53.6 Å². The predicted molar refractivity (Wildman–Crippen MR) is 96.1 cm³/mol. The maximum Gasteiger partial charge on any atom is 0.262 e. The zero-order chi connectivity index (χ0) is 17.0. The van der Waals surface area contributed by atoms with Crippen LogP contribution in [0.5, 0.6) is 5.75 Å². The largest absolute Gasteiger partial charge is 0.491 e. The van der Waals surface area contributed by atoms with Gasteiger partial charge in [0.15, 0.2) is 0 Å². The van der Waals surface area contributed by atoms with Gasteiger partial charge in [-0.3, -0.25) is 4.72 Å². The molecule has 2 aromatic rings. The van der Waals surface area contributed by atoms with Crippen molar-refractivity contribution >= 4 is 15.7 Å². The Morgan fingerprint density at radius 2 is 1.79 bits per heavy atom. The van der Waals surface area contributed by atoms with E-state index in [1.807, 2.05) is 25.1 Å². The molecule has 0 spiro atoms. The van der Waals surface area contributed by atoms with Crippen molar-refractivity contribution < 1.29 is 13.2 Å². The Kier molecular flexibility index (Phi) is 5.09. The summed E-state index contributed by atoms with van der Waals surface area (Å²) < 4.78 is 33.8. The summed E-state index contributed by atoms with van der Waals surface area (Å²) in [4.78, 5) is 0.313. The van der Waals surface area contributed by atoms with Gasteiger partial charge in [0.1, 0.15) is 5.75 Å². The Balaban J connectivity index is 1.87. The first kappa shape index (κ1) is 16.8. The van der Waals surface area contributed by atoms with Crippen LogP contribution < -0.4 is 9.46 Å². The number of sulfonamides is 1. The van der Waals surface area contributed by atoms with Crippen LogP contribution in [0.15, 0.2) is 47.4 Å². The number of para-hydroxylation sites is 2. The molecule has 0 saturated carbocycles. The highest BCUT2D eigenvalue weighted by Gasteiger charge is 2.19. The number of benzene rings is 2. The second kappa shape index (κ2) is 7.26. The number of rotatable bonds is 6. The zero-order valence-electron chi connectivity index (χ0n) is 13.9. The molecule has 0 unspecified atom stereocenters. The lowest BCUT2D eigenvalue weighted by Gasteiger charge is -2.17. The molecule has 2 aromatic carbocycles. The van der Waals surface area contributed by atoms with Gasteiger partial charge >= 0.3 is 0 Å². The standard InChI is InChI=1S/C19H23NO3S/c1-2-13-23-19-10-6-5-9-18(19)20-24(21,22)17-12-11-15-7-3-4-8-16(15)14-17/h5-6,9-12,14,20H,2-4,7-8,13H2,1H3. The lowest BCUT2D eigenvalue weighted by atomic mass is 9.92. The van der Waals surface area contributed by atoms with Crippen LogP contribution in [0.2, 0.25) is 0 Å². The second-order valence-electron chi connectivity index (χ2n) is 6.09. The van der Waals surface area contributed by atoms with Crippen LogP contribution in [0.4, 0.5) is 5.69 Å². The first-order chi connectivity index (χ1) is 11.6. The highest BCUT2D eigenvalue weighted by Crippen LogP contribution is 2.29. The minimum absolute atomic E-state index is 0.313. The van der Waals surface area contributed by atoms with E-state index < -0.39 is 10.0 Å². The number of ether oxygens (including phenoxy) is 1. The number of nitrogens with one attached hydrogen (secondary N) is 1. The first-order valence-corrected chi connectivity index (χ1v) is 9.95. The summed E-state index contributed by atoms with van der Waals surface area (Å²) >= 11 is 0. The molecule has 1 N–H and O–H groups in total. The summed E-state index contributed by atoms with van der Waals surface area (Å²) in [5.74, 6) is 0.556. The van der Waals surface area contributed by atoms with Crippen LogP contribution in [0.3, 0.4) is 0 Å². The smallest absolute Gasteiger partial charge is 0.262 e. The monoisotopic (exact) mass is 345 g/mol. The minimum atomic E-state index is -3.62. The van der Waals surface area contributed by atoms with Gasteiger partial charge in [-0.25, -0.2) is 8.42 Å². The van der Waals surface area contributed by atoms with Gasteiger partial charge < -0.3 is 4.74 Å². The SMILES string of the molecule is CCCOc1ccccc1NS(=O)(=O)c1ccc2c(c1)CCCC2. The Morgan fingerprint density at radius 1 is 1.04 bits per heavy atom. The molecule has 0 aliphatic heterocycles. The van der Waals surface area contributed by atoms with Gasteiger partial charge in [-0.2, -0.15) is 0 Å². The maximum absolute atomic E-state index is 12.7. The van der Waals surface area contributed by atoms with Crippen molar-refractivity contribution in [2.45, 2.75) is 43.9 Å². The Hall–Kier alpha value is -2.01. The van der Waals surface area contributed by atoms with Gasteiger partial charge in [-0.15, -0.1) is 0 Å². The molecule has 0 bridgehead atoms. The van der Waals surface area contributed by atoms with Crippen molar-refractivity contribution in [1.29, 1.82) is 0 Å². The molecule has 0 saturated heterocycles. The zero-order valence-corrected chi connectivity index (χ0v) is 14.7. The summed E-state index contributed by atoms with van der Waals surface area (Å²) in [6.45, 7) is 2.57. The number of hydrogen-bond acceptors (Lipinski definition) is 3. The molecule has 128 valence electrons. The highest BCUT2D eigenvalue weighted by molar-refractivity contribution is 7.92. The fourth-order valence-corrected chi connectivity index (χ4v) is 4.09. The van der Waals surface area contributed by atoms with Crippen LogP contribution in [-0.2, 0) is 22.9 Å². The molecule has 0 radical (unpaired) electrons.